The first kappa shape index (κ1) is 24.7. The van der Waals surface area contributed by atoms with Crippen molar-refractivity contribution in [3.05, 3.63) is 11.6 Å². The highest BCUT2D eigenvalue weighted by Gasteiger charge is 2.60. The second kappa shape index (κ2) is 8.68. The van der Waals surface area contributed by atoms with Crippen LogP contribution in [0.2, 0.25) is 0 Å². The minimum Gasteiger partial charge on any atom is -0.390 e. The average molecular weight is 447 g/mol. The van der Waals surface area contributed by atoms with E-state index < -0.39 is 11.2 Å². The maximum atomic E-state index is 10.8. The Morgan fingerprint density at radius 2 is 1.91 bits per heavy atom. The Morgan fingerprint density at radius 3 is 2.59 bits per heavy atom. The maximum absolute atomic E-state index is 10.8. The van der Waals surface area contributed by atoms with E-state index in [-0.39, 0.29) is 5.41 Å². The summed E-state index contributed by atoms with van der Waals surface area (Å²) in [5.41, 5.74) is 1.05. The van der Waals surface area contributed by atoms with Crippen molar-refractivity contribution in [3.63, 3.8) is 0 Å². The molecule has 0 aliphatic heterocycles. The van der Waals surface area contributed by atoms with Gasteiger partial charge in [0.25, 0.3) is 0 Å². The highest BCUT2D eigenvalue weighted by molar-refractivity contribution is 5.28. The monoisotopic (exact) mass is 446 g/mol. The van der Waals surface area contributed by atoms with Gasteiger partial charge in [0, 0.05) is 12.5 Å². The van der Waals surface area contributed by atoms with Crippen molar-refractivity contribution in [2.45, 2.75) is 116 Å². The van der Waals surface area contributed by atoms with Crippen LogP contribution in [-0.2, 0) is 4.74 Å². The Kier molecular flexibility index (Phi) is 6.71. The minimum atomic E-state index is -0.549. The van der Waals surface area contributed by atoms with Crippen LogP contribution >= 0.6 is 0 Å². The molecule has 4 rings (SSSR count). The molecule has 4 aliphatic carbocycles. The topological polar surface area (TPSA) is 49.7 Å². The molecule has 0 spiro atoms. The summed E-state index contributed by atoms with van der Waals surface area (Å²) < 4.78 is 5.88. The van der Waals surface area contributed by atoms with Crippen LogP contribution in [0.1, 0.15) is 105 Å². The predicted octanol–water partition coefficient (Wildman–Crippen LogP) is 6.52. The van der Waals surface area contributed by atoms with Crippen LogP contribution in [0.15, 0.2) is 11.6 Å². The number of rotatable bonds is 7. The van der Waals surface area contributed by atoms with Crippen molar-refractivity contribution in [1.82, 2.24) is 0 Å². The molecule has 0 radical (unpaired) electrons. The summed E-state index contributed by atoms with van der Waals surface area (Å²) in [5, 5.41) is 21.4. The molecule has 32 heavy (non-hydrogen) atoms. The second-order valence-electron chi connectivity index (χ2n) is 13.2. The molecule has 0 aromatic rings. The van der Waals surface area contributed by atoms with Crippen LogP contribution in [0.4, 0.5) is 0 Å². The van der Waals surface area contributed by atoms with E-state index in [1.54, 1.807) is 0 Å². The minimum absolute atomic E-state index is 0.158. The third-order valence-corrected chi connectivity index (χ3v) is 11.2. The van der Waals surface area contributed by atoms with E-state index in [2.05, 4.69) is 26.8 Å². The van der Waals surface area contributed by atoms with E-state index in [1.165, 1.54) is 37.7 Å². The molecule has 4 aliphatic rings. The van der Waals surface area contributed by atoms with E-state index in [4.69, 9.17) is 4.74 Å². The van der Waals surface area contributed by atoms with E-state index in [0.717, 1.165) is 62.9 Å². The van der Waals surface area contributed by atoms with Gasteiger partial charge in [0.05, 0.1) is 17.8 Å². The SMILES string of the molecule is CCC(C)(O)CC[C@@H](C)[C@H]1CC[C@H]2C3CC=C4C[C@@](C)(O)CC[C@]4(COC)[C@H]3CC[C@]12C. The lowest BCUT2D eigenvalue weighted by molar-refractivity contribution is -0.0979. The van der Waals surface area contributed by atoms with Crippen molar-refractivity contribution in [2.75, 3.05) is 13.7 Å². The quantitative estimate of drug-likeness (QED) is 0.438. The van der Waals surface area contributed by atoms with Gasteiger partial charge in [-0.25, -0.2) is 0 Å². The van der Waals surface area contributed by atoms with E-state index in [1.807, 2.05) is 21.0 Å². The zero-order chi connectivity index (χ0) is 23.4. The summed E-state index contributed by atoms with van der Waals surface area (Å²) >= 11 is 0. The summed E-state index contributed by atoms with van der Waals surface area (Å²) in [5.74, 6) is 3.77. The van der Waals surface area contributed by atoms with Crippen molar-refractivity contribution >= 4 is 0 Å². The normalized spacial score (nSPS) is 46.4. The molecular formula is C29H50O3. The number of ether oxygens (including phenoxy) is 1. The zero-order valence-electron chi connectivity index (χ0n) is 21.8. The van der Waals surface area contributed by atoms with E-state index in [9.17, 15) is 10.2 Å². The number of hydrogen-bond donors (Lipinski definition) is 2. The van der Waals surface area contributed by atoms with Crippen LogP contribution in [0.3, 0.4) is 0 Å². The van der Waals surface area contributed by atoms with Crippen molar-refractivity contribution in [2.24, 2.45) is 40.4 Å². The molecule has 0 aromatic carbocycles. The van der Waals surface area contributed by atoms with Gasteiger partial charge in [-0.3, -0.25) is 0 Å². The van der Waals surface area contributed by atoms with Crippen LogP contribution in [0.25, 0.3) is 0 Å². The fourth-order valence-corrected chi connectivity index (χ4v) is 9.03. The van der Waals surface area contributed by atoms with Gasteiger partial charge in [-0.15, -0.1) is 0 Å². The van der Waals surface area contributed by atoms with Gasteiger partial charge in [0.15, 0.2) is 0 Å². The lowest BCUT2D eigenvalue weighted by Gasteiger charge is -2.60. The van der Waals surface area contributed by atoms with Gasteiger partial charge in [0.2, 0.25) is 0 Å². The Labute approximate surface area is 197 Å². The molecule has 0 aromatic heterocycles. The Bertz CT molecular complexity index is 709. The molecular weight excluding hydrogens is 396 g/mol. The molecule has 3 fully saturated rings. The highest BCUT2D eigenvalue weighted by Crippen LogP contribution is 2.68. The Hall–Kier alpha value is -0.380. The van der Waals surface area contributed by atoms with Crippen molar-refractivity contribution < 1.29 is 14.9 Å². The number of aliphatic hydroxyl groups is 2. The summed E-state index contributed by atoms with van der Waals surface area (Å²) in [6.45, 7) is 12.0. The summed E-state index contributed by atoms with van der Waals surface area (Å²) in [6, 6.07) is 0. The largest absolute Gasteiger partial charge is 0.390 e. The molecule has 2 N–H and O–H groups in total. The zero-order valence-corrected chi connectivity index (χ0v) is 21.8. The summed E-state index contributed by atoms with van der Waals surface area (Å²) in [6.07, 6.45) is 14.9. The Morgan fingerprint density at radius 1 is 1.16 bits per heavy atom. The smallest absolute Gasteiger partial charge is 0.0657 e. The standard InChI is InChI=1S/C29H50O3/c1-7-26(3,30)14-12-20(2)23-10-11-24-22-9-8-21-18-27(4,31)16-17-29(21,19-32-6)25(22)13-15-28(23,24)5/h8,20,22-25,30-31H,7,9-19H2,1-6H3/t20-,22?,23-,24+,25+,26?,27+,28-,29-/m1/s1. The molecule has 3 saturated carbocycles. The highest BCUT2D eigenvalue weighted by atomic mass is 16.5. The molecule has 3 nitrogen and oxygen atoms in total. The van der Waals surface area contributed by atoms with Gasteiger partial charge < -0.3 is 14.9 Å². The molecule has 3 heteroatoms. The van der Waals surface area contributed by atoms with Crippen LogP contribution in [-0.4, -0.2) is 35.1 Å². The van der Waals surface area contributed by atoms with Crippen LogP contribution in [0.5, 0.6) is 0 Å². The Balaban J connectivity index is 1.55. The van der Waals surface area contributed by atoms with Crippen LogP contribution in [0, 0.1) is 40.4 Å². The second-order valence-corrected chi connectivity index (χ2v) is 13.2. The van der Waals surface area contributed by atoms with E-state index in [0.29, 0.717) is 17.3 Å². The summed E-state index contributed by atoms with van der Waals surface area (Å²) in [7, 11) is 1.87. The third-order valence-electron chi connectivity index (χ3n) is 11.2. The lowest BCUT2D eigenvalue weighted by Crippen LogP contribution is -2.54. The van der Waals surface area contributed by atoms with Gasteiger partial charge in [0.1, 0.15) is 0 Å². The lowest BCUT2D eigenvalue weighted by atomic mass is 9.46. The third kappa shape index (κ3) is 4.13. The first-order valence-corrected chi connectivity index (χ1v) is 13.6. The van der Waals surface area contributed by atoms with Crippen LogP contribution < -0.4 is 0 Å². The van der Waals surface area contributed by atoms with Gasteiger partial charge >= 0.3 is 0 Å². The van der Waals surface area contributed by atoms with Gasteiger partial charge in [-0.1, -0.05) is 32.4 Å². The first-order chi connectivity index (χ1) is 15.0. The van der Waals surface area contributed by atoms with Crippen molar-refractivity contribution in [3.8, 4) is 0 Å². The van der Waals surface area contributed by atoms with Gasteiger partial charge in [-0.2, -0.15) is 0 Å². The number of methoxy groups -OCH3 is 1. The first-order valence-electron chi connectivity index (χ1n) is 13.6. The summed E-state index contributed by atoms with van der Waals surface area (Å²) in [4.78, 5) is 0. The van der Waals surface area contributed by atoms with Gasteiger partial charge in [-0.05, 0) is 119 Å². The fraction of sp³-hybridized carbons (Fsp3) is 0.931. The molecule has 0 heterocycles. The molecule has 2 unspecified atom stereocenters. The number of fused-ring (bicyclic) bond motifs is 5. The average Bonchev–Trinajstić information content (AvgIpc) is 3.09. The molecule has 0 amide bonds. The number of allylic oxidation sites excluding steroid dienone is 1. The molecule has 9 atom stereocenters. The van der Waals surface area contributed by atoms with E-state index >= 15 is 0 Å². The molecule has 0 bridgehead atoms. The maximum Gasteiger partial charge on any atom is 0.0657 e. The molecule has 0 saturated heterocycles. The molecule has 184 valence electrons. The number of hydrogen-bond acceptors (Lipinski definition) is 3. The fourth-order valence-electron chi connectivity index (χ4n) is 9.03. The predicted molar refractivity (Wildman–Crippen MR) is 131 cm³/mol. The van der Waals surface area contributed by atoms with Crippen molar-refractivity contribution in [1.29, 1.82) is 0 Å².